The number of rotatable bonds is 4. The number of likely N-dealkylation sites (tertiary alicyclic amines) is 1. The Morgan fingerprint density at radius 3 is 2.61 bits per heavy atom. The lowest BCUT2D eigenvalue weighted by molar-refractivity contribution is -0.135. The molecule has 0 aliphatic carbocycles. The summed E-state index contributed by atoms with van der Waals surface area (Å²) in [7, 11) is 0. The minimum atomic E-state index is -0.147. The number of nitrogens with zero attached hydrogens (tertiary/aromatic N) is 2. The van der Waals surface area contributed by atoms with Crippen LogP contribution in [-0.4, -0.2) is 34.4 Å². The summed E-state index contributed by atoms with van der Waals surface area (Å²) < 4.78 is 1.86. The summed E-state index contributed by atoms with van der Waals surface area (Å²) in [5.74, 6) is 0.371. The van der Waals surface area contributed by atoms with Crippen molar-refractivity contribution in [2.75, 3.05) is 18.4 Å². The highest BCUT2D eigenvalue weighted by Crippen LogP contribution is 2.35. The first-order chi connectivity index (χ1) is 13.5. The van der Waals surface area contributed by atoms with Crippen LogP contribution in [-0.2, 0) is 16.1 Å². The second-order valence-electron chi connectivity index (χ2n) is 7.91. The molecule has 0 unspecified atom stereocenters. The quantitative estimate of drug-likeness (QED) is 0.887. The van der Waals surface area contributed by atoms with Crippen molar-refractivity contribution in [2.45, 2.75) is 38.6 Å². The van der Waals surface area contributed by atoms with Crippen LogP contribution in [0.4, 0.5) is 5.69 Å². The van der Waals surface area contributed by atoms with Gasteiger partial charge in [-0.25, -0.2) is 0 Å². The molecule has 1 aromatic carbocycles. The van der Waals surface area contributed by atoms with Gasteiger partial charge in [-0.3, -0.25) is 14.4 Å². The lowest BCUT2D eigenvalue weighted by atomic mass is 9.83. The van der Waals surface area contributed by atoms with Crippen molar-refractivity contribution in [3.05, 3.63) is 64.1 Å². The molecule has 0 radical (unpaired) electrons. The van der Waals surface area contributed by atoms with E-state index in [0.29, 0.717) is 25.6 Å². The molecular formula is C22H25N3O3. The highest BCUT2D eigenvalue weighted by molar-refractivity contribution is 5.93. The number of aromatic nitrogens is 1. The van der Waals surface area contributed by atoms with Gasteiger partial charge in [0.1, 0.15) is 0 Å². The monoisotopic (exact) mass is 379 g/mol. The topological polar surface area (TPSA) is 71.4 Å². The molecule has 1 saturated heterocycles. The molecule has 0 saturated carbocycles. The summed E-state index contributed by atoms with van der Waals surface area (Å²) in [6.07, 6.45) is 1.40. The Bertz CT molecular complexity index is 948. The Labute approximate surface area is 164 Å². The van der Waals surface area contributed by atoms with Gasteiger partial charge in [-0.2, -0.15) is 0 Å². The third-order valence-corrected chi connectivity index (χ3v) is 5.73. The van der Waals surface area contributed by atoms with Crippen molar-refractivity contribution in [1.29, 1.82) is 0 Å². The van der Waals surface area contributed by atoms with Crippen LogP contribution in [0.3, 0.4) is 0 Å². The number of fused-ring (bicyclic) bond motifs is 4. The minimum Gasteiger partial charge on any atom is -0.342 e. The van der Waals surface area contributed by atoms with Gasteiger partial charge in [0.15, 0.2) is 0 Å². The van der Waals surface area contributed by atoms with Crippen molar-refractivity contribution in [2.24, 2.45) is 5.92 Å². The van der Waals surface area contributed by atoms with E-state index in [1.807, 2.05) is 46.7 Å². The molecule has 2 bridgehead atoms. The maximum absolute atomic E-state index is 12.7. The van der Waals surface area contributed by atoms with E-state index in [9.17, 15) is 14.4 Å². The maximum Gasteiger partial charge on any atom is 0.250 e. The molecule has 3 heterocycles. The van der Waals surface area contributed by atoms with Crippen LogP contribution in [0.25, 0.3) is 0 Å². The van der Waals surface area contributed by atoms with Gasteiger partial charge in [-0.1, -0.05) is 23.8 Å². The van der Waals surface area contributed by atoms with Crippen LogP contribution in [0.15, 0.2) is 47.3 Å². The molecule has 2 aliphatic rings. The summed E-state index contributed by atoms with van der Waals surface area (Å²) in [5.41, 5.74) is 2.95. The SMILES string of the molecule is Cc1ccc(NC(=O)CCC(=O)N2C[C@H]3C[C@@H](C2)c2cccc(=O)n2C3)cc1. The number of hydrogen-bond donors (Lipinski definition) is 1. The van der Waals surface area contributed by atoms with Gasteiger partial charge in [-0.05, 0) is 37.5 Å². The maximum atomic E-state index is 12.7. The third kappa shape index (κ3) is 3.86. The first-order valence-electron chi connectivity index (χ1n) is 9.83. The number of anilines is 1. The van der Waals surface area contributed by atoms with E-state index in [1.54, 1.807) is 12.1 Å². The number of amides is 2. The van der Waals surface area contributed by atoms with Gasteiger partial charge in [0.2, 0.25) is 11.8 Å². The number of nitrogens with one attached hydrogen (secondary N) is 1. The largest absolute Gasteiger partial charge is 0.342 e. The Morgan fingerprint density at radius 2 is 1.82 bits per heavy atom. The number of hydrogen-bond acceptors (Lipinski definition) is 3. The van der Waals surface area contributed by atoms with E-state index >= 15 is 0 Å². The highest BCUT2D eigenvalue weighted by Gasteiger charge is 2.36. The molecule has 0 spiro atoms. The zero-order chi connectivity index (χ0) is 19.7. The standard InChI is InChI=1S/C22H25N3O3/c1-15-5-7-18(8-6-15)23-20(26)9-10-21(27)24-12-16-11-17(14-24)19-3-2-4-22(28)25(19)13-16/h2-8,16-17H,9-14H2,1H3,(H,23,26)/t16-,17+/m1/s1. The number of benzene rings is 1. The van der Waals surface area contributed by atoms with E-state index in [1.165, 1.54) is 0 Å². The third-order valence-electron chi connectivity index (χ3n) is 5.73. The Balaban J connectivity index is 1.34. The molecule has 1 aromatic heterocycles. The van der Waals surface area contributed by atoms with Crippen molar-refractivity contribution in [1.82, 2.24) is 9.47 Å². The Morgan fingerprint density at radius 1 is 1.04 bits per heavy atom. The van der Waals surface area contributed by atoms with Crippen molar-refractivity contribution < 1.29 is 9.59 Å². The Kier molecular flexibility index (Phi) is 5.03. The van der Waals surface area contributed by atoms with Gasteiger partial charge < -0.3 is 14.8 Å². The molecule has 6 heteroatoms. The first-order valence-corrected chi connectivity index (χ1v) is 9.83. The van der Waals surface area contributed by atoms with Crippen molar-refractivity contribution in [3.8, 4) is 0 Å². The molecule has 28 heavy (non-hydrogen) atoms. The van der Waals surface area contributed by atoms with Crippen LogP contribution in [0, 0.1) is 12.8 Å². The van der Waals surface area contributed by atoms with Gasteiger partial charge in [-0.15, -0.1) is 0 Å². The summed E-state index contributed by atoms with van der Waals surface area (Å²) in [5, 5.41) is 2.84. The molecule has 2 aromatic rings. The Hall–Kier alpha value is -2.89. The smallest absolute Gasteiger partial charge is 0.250 e. The molecule has 6 nitrogen and oxygen atoms in total. The van der Waals surface area contributed by atoms with Crippen LogP contribution >= 0.6 is 0 Å². The summed E-state index contributed by atoms with van der Waals surface area (Å²) >= 11 is 0. The van der Waals surface area contributed by atoms with Crippen LogP contribution < -0.4 is 10.9 Å². The molecule has 2 aliphatic heterocycles. The van der Waals surface area contributed by atoms with E-state index in [2.05, 4.69) is 5.32 Å². The summed E-state index contributed by atoms with van der Waals surface area (Å²) in [6, 6.07) is 13.0. The number of pyridine rings is 1. The molecule has 146 valence electrons. The fraction of sp³-hybridized carbons (Fsp3) is 0.409. The minimum absolute atomic E-state index is 0.0143. The molecular weight excluding hydrogens is 354 g/mol. The first kappa shape index (κ1) is 18.5. The molecule has 1 fully saturated rings. The lowest BCUT2D eigenvalue weighted by Crippen LogP contribution is -2.49. The normalized spacial score (nSPS) is 20.4. The average Bonchev–Trinajstić information content (AvgIpc) is 2.68. The molecule has 1 N–H and O–H groups in total. The second kappa shape index (κ2) is 7.62. The number of carbonyl (C=O) groups excluding carboxylic acids is 2. The molecule has 4 rings (SSSR count). The van der Waals surface area contributed by atoms with Crippen LogP contribution in [0.5, 0.6) is 0 Å². The van der Waals surface area contributed by atoms with Gasteiger partial charge in [0.25, 0.3) is 5.56 Å². The lowest BCUT2D eigenvalue weighted by Gasteiger charge is -2.42. The van der Waals surface area contributed by atoms with Gasteiger partial charge >= 0.3 is 0 Å². The van der Waals surface area contributed by atoms with Crippen molar-refractivity contribution in [3.63, 3.8) is 0 Å². The van der Waals surface area contributed by atoms with Gasteiger partial charge in [0.05, 0.1) is 0 Å². The zero-order valence-corrected chi connectivity index (χ0v) is 16.1. The number of carbonyl (C=O) groups is 2. The highest BCUT2D eigenvalue weighted by atomic mass is 16.2. The van der Waals surface area contributed by atoms with E-state index in [0.717, 1.165) is 23.4 Å². The summed E-state index contributed by atoms with van der Waals surface area (Å²) in [6.45, 7) is 3.95. The zero-order valence-electron chi connectivity index (χ0n) is 16.1. The van der Waals surface area contributed by atoms with Gasteiger partial charge in [0, 0.05) is 55.8 Å². The van der Waals surface area contributed by atoms with E-state index < -0.39 is 0 Å². The van der Waals surface area contributed by atoms with Crippen molar-refractivity contribution >= 4 is 17.5 Å². The average molecular weight is 379 g/mol. The van der Waals surface area contributed by atoms with E-state index in [-0.39, 0.29) is 36.1 Å². The molecule has 2 atom stereocenters. The number of aryl methyl sites for hydroxylation is 1. The van der Waals surface area contributed by atoms with E-state index in [4.69, 9.17) is 0 Å². The van der Waals surface area contributed by atoms with Crippen LogP contribution in [0.2, 0.25) is 0 Å². The fourth-order valence-corrected chi connectivity index (χ4v) is 4.34. The fourth-order valence-electron chi connectivity index (χ4n) is 4.34. The summed E-state index contributed by atoms with van der Waals surface area (Å²) in [4.78, 5) is 38.8. The number of piperidine rings is 1. The van der Waals surface area contributed by atoms with Crippen LogP contribution in [0.1, 0.15) is 36.4 Å². The molecule has 2 amide bonds. The predicted octanol–water partition coefficient (Wildman–Crippen LogP) is 2.52. The second-order valence-corrected chi connectivity index (χ2v) is 7.91. The predicted molar refractivity (Wildman–Crippen MR) is 107 cm³/mol.